The molecule has 2 aromatic rings. The molecule has 86 valence electrons. The van der Waals surface area contributed by atoms with Gasteiger partial charge in [0.25, 0.3) is 0 Å². The SMILES string of the molecule is Cc1cc(SC(=O)c2cnccn2)nc(=S)[nH]1. The summed E-state index contributed by atoms with van der Waals surface area (Å²) < 4.78 is 0.361. The van der Waals surface area contributed by atoms with E-state index in [4.69, 9.17) is 12.2 Å². The van der Waals surface area contributed by atoms with Crippen molar-refractivity contribution < 1.29 is 4.79 Å². The van der Waals surface area contributed by atoms with Crippen molar-refractivity contribution >= 4 is 29.1 Å². The molecule has 0 saturated carbocycles. The second kappa shape index (κ2) is 5.15. The number of carbonyl (C=O) groups excluding carboxylic acids is 1. The molecule has 0 spiro atoms. The Labute approximate surface area is 107 Å². The standard InChI is InChI=1S/C10H8N4OS2/c1-6-4-8(14-10(16)13-6)17-9(15)7-5-11-2-3-12-7/h2-5H,1H3,(H,13,14,16). The van der Waals surface area contributed by atoms with Crippen LogP contribution in [0.1, 0.15) is 16.2 Å². The van der Waals surface area contributed by atoms with Crippen LogP contribution in [0, 0.1) is 11.7 Å². The fraction of sp³-hybridized carbons (Fsp3) is 0.100. The Balaban J connectivity index is 2.22. The van der Waals surface area contributed by atoms with E-state index in [1.807, 2.05) is 6.92 Å². The van der Waals surface area contributed by atoms with Gasteiger partial charge in [-0.15, -0.1) is 0 Å². The minimum absolute atomic E-state index is 0.203. The fourth-order valence-corrected chi connectivity index (χ4v) is 2.24. The quantitative estimate of drug-likeness (QED) is 0.509. The van der Waals surface area contributed by atoms with Gasteiger partial charge < -0.3 is 4.98 Å². The number of hydrogen-bond donors (Lipinski definition) is 1. The normalized spacial score (nSPS) is 10.2. The summed E-state index contributed by atoms with van der Waals surface area (Å²) in [6.07, 6.45) is 4.41. The van der Waals surface area contributed by atoms with Crippen LogP contribution in [0.3, 0.4) is 0 Å². The molecular formula is C10H8N4OS2. The molecule has 17 heavy (non-hydrogen) atoms. The van der Waals surface area contributed by atoms with Gasteiger partial charge in [-0.25, -0.2) is 9.97 Å². The van der Waals surface area contributed by atoms with E-state index in [-0.39, 0.29) is 5.12 Å². The van der Waals surface area contributed by atoms with Crippen LogP contribution >= 0.6 is 24.0 Å². The molecule has 0 saturated heterocycles. The van der Waals surface area contributed by atoms with Gasteiger partial charge in [-0.05, 0) is 37.0 Å². The van der Waals surface area contributed by atoms with Crippen molar-refractivity contribution in [3.05, 3.63) is 40.8 Å². The van der Waals surface area contributed by atoms with Crippen LogP contribution in [-0.4, -0.2) is 25.1 Å². The topological polar surface area (TPSA) is 71.5 Å². The van der Waals surface area contributed by atoms with Gasteiger partial charge >= 0.3 is 0 Å². The molecule has 2 rings (SSSR count). The lowest BCUT2D eigenvalue weighted by atomic mass is 10.5. The molecule has 5 nitrogen and oxygen atoms in total. The maximum absolute atomic E-state index is 11.8. The van der Waals surface area contributed by atoms with Crippen LogP contribution in [0.15, 0.2) is 29.7 Å². The van der Waals surface area contributed by atoms with Crippen molar-refractivity contribution in [2.45, 2.75) is 11.9 Å². The number of nitrogens with one attached hydrogen (secondary N) is 1. The number of aryl methyl sites for hydroxylation is 1. The first-order chi connectivity index (χ1) is 8.15. The van der Waals surface area contributed by atoms with Crippen molar-refractivity contribution in [3.8, 4) is 0 Å². The lowest BCUT2D eigenvalue weighted by Gasteiger charge is -2.00. The van der Waals surface area contributed by atoms with E-state index in [0.717, 1.165) is 17.5 Å². The van der Waals surface area contributed by atoms with Crippen molar-refractivity contribution in [1.29, 1.82) is 0 Å². The third kappa shape index (κ3) is 3.18. The lowest BCUT2D eigenvalue weighted by molar-refractivity contribution is 0.108. The first-order valence-electron chi connectivity index (χ1n) is 4.71. The Morgan fingerprint density at radius 2 is 2.29 bits per heavy atom. The number of nitrogens with zero attached hydrogens (tertiary/aromatic N) is 3. The molecular weight excluding hydrogens is 256 g/mol. The van der Waals surface area contributed by atoms with Gasteiger partial charge in [0.05, 0.1) is 6.20 Å². The van der Waals surface area contributed by atoms with E-state index in [2.05, 4.69) is 19.9 Å². The monoisotopic (exact) mass is 264 g/mol. The molecule has 2 heterocycles. The molecule has 0 aliphatic rings. The van der Waals surface area contributed by atoms with Crippen LogP contribution in [-0.2, 0) is 0 Å². The summed E-state index contributed by atoms with van der Waals surface area (Å²) in [4.78, 5) is 26.5. The number of H-pyrrole nitrogens is 1. The summed E-state index contributed by atoms with van der Waals surface area (Å²) in [7, 11) is 0. The smallest absolute Gasteiger partial charge is 0.245 e. The van der Waals surface area contributed by atoms with Gasteiger partial charge in [0.2, 0.25) is 5.12 Å². The predicted octanol–water partition coefficient (Wildman–Crippen LogP) is 2.17. The first-order valence-corrected chi connectivity index (χ1v) is 5.94. The zero-order chi connectivity index (χ0) is 12.3. The second-order valence-electron chi connectivity index (χ2n) is 3.19. The van der Waals surface area contributed by atoms with E-state index in [1.54, 1.807) is 6.07 Å². The van der Waals surface area contributed by atoms with Crippen LogP contribution in [0.5, 0.6) is 0 Å². The highest BCUT2D eigenvalue weighted by Gasteiger charge is 2.10. The highest BCUT2D eigenvalue weighted by Crippen LogP contribution is 2.19. The molecule has 0 bridgehead atoms. The van der Waals surface area contributed by atoms with Crippen LogP contribution in [0.4, 0.5) is 0 Å². The molecule has 0 aromatic carbocycles. The summed E-state index contributed by atoms with van der Waals surface area (Å²) in [6.45, 7) is 1.86. The number of rotatable bonds is 2. The summed E-state index contributed by atoms with van der Waals surface area (Å²) in [5.41, 5.74) is 1.16. The molecule has 2 aromatic heterocycles. The minimum Gasteiger partial charge on any atom is -0.335 e. The first kappa shape index (κ1) is 11.9. The Hall–Kier alpha value is -1.60. The largest absolute Gasteiger partial charge is 0.335 e. The molecule has 1 N–H and O–H groups in total. The van der Waals surface area contributed by atoms with E-state index in [9.17, 15) is 4.79 Å². The minimum atomic E-state index is -0.203. The third-order valence-electron chi connectivity index (χ3n) is 1.83. The van der Waals surface area contributed by atoms with Gasteiger partial charge in [0, 0.05) is 18.1 Å². The summed E-state index contributed by atoms with van der Waals surface area (Å²) in [6, 6.07) is 1.76. The van der Waals surface area contributed by atoms with Crippen molar-refractivity contribution in [3.63, 3.8) is 0 Å². The van der Waals surface area contributed by atoms with E-state index < -0.39 is 0 Å². The Bertz CT molecular complexity index is 597. The molecule has 7 heteroatoms. The molecule has 0 fully saturated rings. The summed E-state index contributed by atoms with van der Waals surface area (Å²) >= 11 is 5.92. The molecule has 0 atom stereocenters. The third-order valence-corrected chi connectivity index (χ3v) is 2.83. The average molecular weight is 264 g/mol. The van der Waals surface area contributed by atoms with Crippen LogP contribution in [0.2, 0.25) is 0 Å². The number of hydrogen-bond acceptors (Lipinski definition) is 6. The lowest BCUT2D eigenvalue weighted by Crippen LogP contribution is -1.99. The van der Waals surface area contributed by atoms with Gasteiger partial charge in [-0.2, -0.15) is 0 Å². The Morgan fingerprint density at radius 1 is 1.47 bits per heavy atom. The zero-order valence-electron chi connectivity index (χ0n) is 8.88. The maximum Gasteiger partial charge on any atom is 0.245 e. The van der Waals surface area contributed by atoms with Crippen LogP contribution in [0.25, 0.3) is 0 Å². The van der Waals surface area contributed by atoms with Gasteiger partial charge in [0.1, 0.15) is 10.7 Å². The van der Waals surface area contributed by atoms with Gasteiger partial charge in [0.15, 0.2) is 4.77 Å². The van der Waals surface area contributed by atoms with Crippen molar-refractivity contribution in [1.82, 2.24) is 19.9 Å². The molecule has 0 amide bonds. The van der Waals surface area contributed by atoms with E-state index in [1.165, 1.54) is 18.6 Å². The van der Waals surface area contributed by atoms with Crippen molar-refractivity contribution in [2.75, 3.05) is 0 Å². The summed E-state index contributed by atoms with van der Waals surface area (Å²) in [5, 5.41) is 0.354. The predicted molar refractivity (Wildman–Crippen MR) is 66.4 cm³/mol. The van der Waals surface area contributed by atoms with Gasteiger partial charge in [-0.1, -0.05) is 0 Å². The molecule has 0 unspecified atom stereocenters. The summed E-state index contributed by atoms with van der Waals surface area (Å²) in [5.74, 6) is 0. The Morgan fingerprint density at radius 3 is 2.94 bits per heavy atom. The van der Waals surface area contributed by atoms with Crippen LogP contribution < -0.4 is 0 Å². The van der Waals surface area contributed by atoms with Crippen molar-refractivity contribution in [2.24, 2.45) is 0 Å². The van der Waals surface area contributed by atoms with Gasteiger partial charge in [-0.3, -0.25) is 9.78 Å². The zero-order valence-corrected chi connectivity index (χ0v) is 10.5. The highest BCUT2D eigenvalue weighted by molar-refractivity contribution is 8.14. The number of carbonyl (C=O) groups is 1. The maximum atomic E-state index is 11.8. The molecule has 0 radical (unpaired) electrons. The average Bonchev–Trinajstić information content (AvgIpc) is 2.28. The fourth-order valence-electron chi connectivity index (χ4n) is 1.15. The number of aromatic nitrogens is 4. The molecule has 0 aliphatic heterocycles. The number of aromatic amines is 1. The number of thioether (sulfide) groups is 1. The molecule has 0 aliphatic carbocycles. The van der Waals surface area contributed by atoms with E-state index in [0.29, 0.717) is 15.5 Å². The van der Waals surface area contributed by atoms with E-state index >= 15 is 0 Å². The Kier molecular flexibility index (Phi) is 3.60. The second-order valence-corrected chi connectivity index (χ2v) is 4.57. The highest BCUT2D eigenvalue weighted by atomic mass is 32.2.